The number of carbonyl (C=O) groups excluding carboxylic acids is 1. The minimum absolute atomic E-state index is 0.0669. The molecule has 178 valence electrons. The molecule has 1 aliphatic heterocycles. The van der Waals surface area contributed by atoms with Gasteiger partial charge < -0.3 is 14.9 Å². The van der Waals surface area contributed by atoms with E-state index < -0.39 is 17.1 Å². The average molecular weight is 486 g/mol. The van der Waals surface area contributed by atoms with Gasteiger partial charge in [0.25, 0.3) is 0 Å². The van der Waals surface area contributed by atoms with Crippen LogP contribution < -0.4 is 10.6 Å². The highest BCUT2D eigenvalue weighted by atomic mass is 35.5. The van der Waals surface area contributed by atoms with Gasteiger partial charge in [-0.15, -0.1) is 0 Å². The third-order valence-electron chi connectivity index (χ3n) is 5.62. The highest BCUT2D eigenvalue weighted by Crippen LogP contribution is 2.34. The molecule has 10 heteroatoms. The quantitative estimate of drug-likeness (QED) is 0.559. The number of amides is 1. The van der Waals surface area contributed by atoms with Crippen molar-refractivity contribution in [3.63, 3.8) is 0 Å². The Morgan fingerprint density at radius 2 is 1.91 bits per heavy atom. The van der Waals surface area contributed by atoms with Gasteiger partial charge in [0, 0.05) is 31.7 Å². The first-order chi connectivity index (χ1) is 16.1. The van der Waals surface area contributed by atoms with Crippen LogP contribution in [0.3, 0.4) is 0 Å². The standard InChI is InChI=1S/C24H25ClFN5O3/c1-4-19(32)29-9-11-30(12-10-29)21-16-13-17(25)20(15-7-5-6-8-18(15)26)27-22(16)31(23(33)28-21)14-24(2,3)34/h4-8,13,34H,1,9-12,14H2,2-3H3. The maximum Gasteiger partial charge on any atom is 0.351 e. The van der Waals surface area contributed by atoms with Gasteiger partial charge in [-0.3, -0.25) is 9.36 Å². The first-order valence-corrected chi connectivity index (χ1v) is 11.2. The Balaban J connectivity index is 1.89. The number of aliphatic hydroxyl groups is 1. The number of hydrogen-bond acceptors (Lipinski definition) is 6. The fourth-order valence-corrected chi connectivity index (χ4v) is 4.28. The molecule has 0 aliphatic carbocycles. The lowest BCUT2D eigenvalue weighted by Crippen LogP contribution is -2.49. The normalized spacial score (nSPS) is 14.5. The van der Waals surface area contributed by atoms with Crippen LogP contribution in [0.25, 0.3) is 22.3 Å². The van der Waals surface area contributed by atoms with Crippen molar-refractivity contribution < 1.29 is 14.3 Å². The maximum absolute atomic E-state index is 14.5. The Labute approximate surface area is 200 Å². The highest BCUT2D eigenvalue weighted by molar-refractivity contribution is 6.33. The van der Waals surface area contributed by atoms with Crippen LogP contribution >= 0.6 is 11.6 Å². The van der Waals surface area contributed by atoms with Crippen molar-refractivity contribution in [2.24, 2.45) is 0 Å². The van der Waals surface area contributed by atoms with Crippen LogP contribution in [-0.2, 0) is 11.3 Å². The van der Waals surface area contributed by atoms with E-state index in [1.54, 1.807) is 43.0 Å². The van der Waals surface area contributed by atoms with Gasteiger partial charge in [-0.2, -0.15) is 4.98 Å². The number of anilines is 1. The number of carbonyl (C=O) groups is 1. The lowest BCUT2D eigenvalue weighted by atomic mass is 10.1. The maximum atomic E-state index is 14.5. The van der Waals surface area contributed by atoms with Gasteiger partial charge in [0.05, 0.1) is 28.2 Å². The lowest BCUT2D eigenvalue weighted by molar-refractivity contribution is -0.126. The Bertz CT molecular complexity index is 1330. The molecule has 0 bridgehead atoms. The van der Waals surface area contributed by atoms with Crippen molar-refractivity contribution >= 4 is 34.4 Å². The topological polar surface area (TPSA) is 91.6 Å². The summed E-state index contributed by atoms with van der Waals surface area (Å²) in [5.41, 5.74) is -1.19. The van der Waals surface area contributed by atoms with E-state index >= 15 is 0 Å². The number of nitrogens with zero attached hydrogens (tertiary/aromatic N) is 5. The number of aromatic nitrogens is 3. The fourth-order valence-electron chi connectivity index (χ4n) is 4.03. The molecule has 1 fully saturated rings. The molecule has 8 nitrogen and oxygen atoms in total. The van der Waals surface area contributed by atoms with Crippen molar-refractivity contribution in [2.75, 3.05) is 31.1 Å². The second-order valence-electron chi connectivity index (χ2n) is 8.80. The molecule has 3 aromatic rings. The monoisotopic (exact) mass is 485 g/mol. The van der Waals surface area contributed by atoms with Gasteiger partial charge >= 0.3 is 5.69 Å². The molecular weight excluding hydrogens is 461 g/mol. The van der Waals surface area contributed by atoms with Crippen LogP contribution in [0.4, 0.5) is 10.2 Å². The number of piperazine rings is 1. The van der Waals surface area contributed by atoms with Crippen molar-refractivity contribution in [1.82, 2.24) is 19.4 Å². The summed E-state index contributed by atoms with van der Waals surface area (Å²) in [7, 11) is 0. The van der Waals surface area contributed by atoms with E-state index in [9.17, 15) is 19.1 Å². The van der Waals surface area contributed by atoms with E-state index in [1.807, 2.05) is 4.90 Å². The zero-order chi connectivity index (χ0) is 24.6. The Kier molecular flexibility index (Phi) is 6.42. The zero-order valence-electron chi connectivity index (χ0n) is 19.0. The number of benzene rings is 1. The van der Waals surface area contributed by atoms with Gasteiger partial charge in [0.15, 0.2) is 0 Å². The number of fused-ring (bicyclic) bond motifs is 1. The Morgan fingerprint density at radius 3 is 2.53 bits per heavy atom. The summed E-state index contributed by atoms with van der Waals surface area (Å²) in [6.07, 6.45) is 1.27. The third kappa shape index (κ3) is 4.67. The molecule has 2 aromatic heterocycles. The fraction of sp³-hybridized carbons (Fsp3) is 0.333. The number of rotatable bonds is 5. The van der Waals surface area contributed by atoms with Crippen LogP contribution in [-0.4, -0.2) is 62.2 Å². The van der Waals surface area contributed by atoms with E-state index in [4.69, 9.17) is 11.6 Å². The molecule has 1 amide bonds. The Hall–Kier alpha value is -3.30. The molecule has 0 atom stereocenters. The minimum atomic E-state index is -1.23. The molecule has 1 aliphatic rings. The molecule has 1 saturated heterocycles. The summed E-state index contributed by atoms with van der Waals surface area (Å²) in [6, 6.07) is 7.73. The SMILES string of the molecule is C=CC(=O)N1CCN(c2nc(=O)n(CC(C)(C)O)c3nc(-c4ccccc4F)c(Cl)cc23)CC1. The van der Waals surface area contributed by atoms with Crippen LogP contribution in [0.1, 0.15) is 13.8 Å². The van der Waals surface area contributed by atoms with E-state index in [2.05, 4.69) is 16.5 Å². The summed E-state index contributed by atoms with van der Waals surface area (Å²) < 4.78 is 15.8. The second kappa shape index (κ2) is 9.15. The number of halogens is 2. The molecule has 3 heterocycles. The van der Waals surface area contributed by atoms with E-state index in [-0.39, 0.29) is 34.4 Å². The van der Waals surface area contributed by atoms with Crippen LogP contribution in [0.5, 0.6) is 0 Å². The van der Waals surface area contributed by atoms with Gasteiger partial charge in [-0.25, -0.2) is 14.2 Å². The lowest BCUT2D eigenvalue weighted by Gasteiger charge is -2.35. The first kappa shape index (κ1) is 23.8. The average Bonchev–Trinajstić information content (AvgIpc) is 2.80. The summed E-state index contributed by atoms with van der Waals surface area (Å²) in [5.74, 6) is -0.269. The molecule has 1 N–H and O–H groups in total. The molecule has 0 radical (unpaired) electrons. The Morgan fingerprint density at radius 1 is 1.24 bits per heavy atom. The zero-order valence-corrected chi connectivity index (χ0v) is 19.7. The highest BCUT2D eigenvalue weighted by Gasteiger charge is 2.26. The minimum Gasteiger partial charge on any atom is -0.389 e. The van der Waals surface area contributed by atoms with Gasteiger partial charge in [-0.1, -0.05) is 30.3 Å². The van der Waals surface area contributed by atoms with Gasteiger partial charge in [-0.05, 0) is 38.1 Å². The second-order valence-corrected chi connectivity index (χ2v) is 9.21. The molecular formula is C24H25ClFN5O3. The van der Waals surface area contributed by atoms with Gasteiger partial charge in [0.2, 0.25) is 5.91 Å². The van der Waals surface area contributed by atoms with Crippen molar-refractivity contribution in [3.05, 3.63) is 64.3 Å². The van der Waals surface area contributed by atoms with E-state index in [0.717, 1.165) is 0 Å². The van der Waals surface area contributed by atoms with Crippen LogP contribution in [0.15, 0.2) is 47.8 Å². The third-order valence-corrected chi connectivity index (χ3v) is 5.91. The first-order valence-electron chi connectivity index (χ1n) is 10.8. The predicted molar refractivity (Wildman–Crippen MR) is 129 cm³/mol. The largest absolute Gasteiger partial charge is 0.389 e. The smallest absolute Gasteiger partial charge is 0.351 e. The van der Waals surface area contributed by atoms with Crippen molar-refractivity contribution in [1.29, 1.82) is 0 Å². The molecule has 0 spiro atoms. The summed E-state index contributed by atoms with van der Waals surface area (Å²) >= 11 is 6.55. The number of pyridine rings is 1. The summed E-state index contributed by atoms with van der Waals surface area (Å²) in [5, 5.41) is 11.1. The summed E-state index contributed by atoms with van der Waals surface area (Å²) in [4.78, 5) is 37.5. The molecule has 1 aromatic carbocycles. The van der Waals surface area contributed by atoms with Crippen LogP contribution in [0.2, 0.25) is 5.02 Å². The molecule has 0 saturated carbocycles. The van der Waals surface area contributed by atoms with Gasteiger partial charge in [0.1, 0.15) is 17.3 Å². The van der Waals surface area contributed by atoms with Crippen molar-refractivity contribution in [2.45, 2.75) is 26.0 Å². The number of hydrogen-bond donors (Lipinski definition) is 1. The van der Waals surface area contributed by atoms with Crippen molar-refractivity contribution in [3.8, 4) is 11.3 Å². The molecule has 4 rings (SSSR count). The predicted octanol–water partition coefficient (Wildman–Crippen LogP) is 2.86. The van der Waals surface area contributed by atoms with E-state index in [1.165, 1.54) is 16.7 Å². The van der Waals surface area contributed by atoms with E-state index in [0.29, 0.717) is 37.4 Å². The van der Waals surface area contributed by atoms with Crippen LogP contribution in [0, 0.1) is 5.82 Å². The molecule has 0 unspecified atom stereocenters. The molecule has 34 heavy (non-hydrogen) atoms. The summed E-state index contributed by atoms with van der Waals surface area (Å²) in [6.45, 7) is 8.37.